The third-order valence-electron chi connectivity index (χ3n) is 3.13. The molecule has 0 aliphatic heterocycles. The van der Waals surface area contributed by atoms with E-state index < -0.39 is 28.5 Å². The molecule has 2 rings (SSSR count). The number of alkyl halides is 3. The lowest BCUT2D eigenvalue weighted by Crippen LogP contribution is -2.11. The molecule has 0 fully saturated rings. The van der Waals surface area contributed by atoms with Crippen LogP contribution in [-0.2, 0) is 15.7 Å². The number of rotatable bonds is 4. The fraction of sp³-hybridized carbons (Fsp3) is 0.125. The van der Waals surface area contributed by atoms with Gasteiger partial charge in [-0.05, 0) is 24.3 Å². The van der Waals surface area contributed by atoms with Gasteiger partial charge in [-0.3, -0.25) is 4.98 Å². The van der Waals surface area contributed by atoms with Crippen molar-refractivity contribution in [2.45, 2.75) is 6.18 Å². The minimum atomic E-state index is -4.64. The molecule has 1 aromatic heterocycles. The summed E-state index contributed by atoms with van der Waals surface area (Å²) >= 11 is 11.5. The predicted molar refractivity (Wildman–Crippen MR) is 89.3 cm³/mol. The second-order valence-electron chi connectivity index (χ2n) is 4.87. The van der Waals surface area contributed by atoms with Gasteiger partial charge in [-0.25, -0.2) is 9.18 Å². The number of halogens is 6. The van der Waals surface area contributed by atoms with Gasteiger partial charge in [0.25, 0.3) is 0 Å². The van der Waals surface area contributed by atoms with E-state index in [2.05, 4.69) is 15.0 Å². The van der Waals surface area contributed by atoms with Gasteiger partial charge in [0.05, 0.1) is 29.1 Å². The molecule has 1 heterocycles. The molecule has 10 heteroatoms. The van der Waals surface area contributed by atoms with Gasteiger partial charge in [0, 0.05) is 17.4 Å². The number of esters is 1. The van der Waals surface area contributed by atoms with Gasteiger partial charge in [0.1, 0.15) is 11.4 Å². The number of hydrogen-bond donors (Lipinski definition) is 1. The van der Waals surface area contributed by atoms with Crippen molar-refractivity contribution >= 4 is 40.4 Å². The molecule has 0 bridgehead atoms. The standard InChI is InChI=1S/C16H10Cl2F4N2O2/c1-26-15(25)10(7-23-13-3-2-9(17)5-12(13)19)14-11(18)4-8(6-24-14)16(20,21)22/h2-7,23H,1H3. The summed E-state index contributed by atoms with van der Waals surface area (Å²) in [4.78, 5) is 15.5. The fourth-order valence-electron chi connectivity index (χ4n) is 1.88. The van der Waals surface area contributed by atoms with Gasteiger partial charge >= 0.3 is 12.1 Å². The molecule has 0 radical (unpaired) electrons. The zero-order chi connectivity index (χ0) is 19.5. The molecule has 0 saturated heterocycles. The van der Waals surface area contributed by atoms with Crippen molar-refractivity contribution in [3.63, 3.8) is 0 Å². The number of benzene rings is 1. The number of ether oxygens (including phenoxy) is 1. The summed E-state index contributed by atoms with van der Waals surface area (Å²) in [5, 5.41) is 2.25. The van der Waals surface area contributed by atoms with E-state index in [-0.39, 0.29) is 22.0 Å². The summed E-state index contributed by atoms with van der Waals surface area (Å²) in [6.07, 6.45) is -3.09. The number of aromatic nitrogens is 1. The number of anilines is 1. The van der Waals surface area contributed by atoms with E-state index in [1.165, 1.54) is 12.1 Å². The first kappa shape index (κ1) is 20.0. The number of carbonyl (C=O) groups excluding carboxylic acids is 1. The smallest absolute Gasteiger partial charge is 0.417 e. The predicted octanol–water partition coefficient (Wildman–Crippen LogP) is 5.17. The lowest BCUT2D eigenvalue weighted by molar-refractivity contribution is -0.137. The van der Waals surface area contributed by atoms with Crippen LogP contribution < -0.4 is 5.32 Å². The maximum absolute atomic E-state index is 13.8. The Morgan fingerprint density at radius 3 is 2.50 bits per heavy atom. The Kier molecular flexibility index (Phi) is 6.09. The van der Waals surface area contributed by atoms with Crippen molar-refractivity contribution in [3.8, 4) is 0 Å². The van der Waals surface area contributed by atoms with Crippen LogP contribution in [0.3, 0.4) is 0 Å². The number of methoxy groups -OCH3 is 1. The highest BCUT2D eigenvalue weighted by atomic mass is 35.5. The molecule has 1 N–H and O–H groups in total. The molecule has 0 unspecified atom stereocenters. The number of pyridine rings is 1. The summed E-state index contributed by atoms with van der Waals surface area (Å²) in [5.74, 6) is -1.63. The molecule has 138 valence electrons. The minimum absolute atomic E-state index is 0.0289. The van der Waals surface area contributed by atoms with Crippen molar-refractivity contribution in [1.29, 1.82) is 0 Å². The monoisotopic (exact) mass is 408 g/mol. The van der Waals surface area contributed by atoms with E-state index in [9.17, 15) is 22.4 Å². The van der Waals surface area contributed by atoms with Gasteiger partial charge in [-0.15, -0.1) is 0 Å². The van der Waals surface area contributed by atoms with Crippen molar-refractivity contribution in [3.05, 3.63) is 63.8 Å². The van der Waals surface area contributed by atoms with Gasteiger partial charge in [-0.1, -0.05) is 23.2 Å². The summed E-state index contributed by atoms with van der Waals surface area (Å²) in [7, 11) is 1.07. The fourth-order valence-corrected chi connectivity index (χ4v) is 2.31. The van der Waals surface area contributed by atoms with Crippen LogP contribution in [0, 0.1) is 5.82 Å². The quantitative estimate of drug-likeness (QED) is 0.430. The zero-order valence-corrected chi connectivity index (χ0v) is 14.5. The lowest BCUT2D eigenvalue weighted by Gasteiger charge is -2.11. The van der Waals surface area contributed by atoms with E-state index in [1.54, 1.807) is 0 Å². The highest BCUT2D eigenvalue weighted by Gasteiger charge is 2.32. The molecule has 0 amide bonds. The summed E-state index contributed by atoms with van der Waals surface area (Å²) < 4.78 is 56.5. The van der Waals surface area contributed by atoms with Crippen LogP contribution in [0.1, 0.15) is 11.3 Å². The third kappa shape index (κ3) is 4.64. The molecule has 0 atom stereocenters. The van der Waals surface area contributed by atoms with E-state index in [4.69, 9.17) is 23.2 Å². The highest BCUT2D eigenvalue weighted by molar-refractivity contribution is 6.34. The van der Waals surface area contributed by atoms with Gasteiger partial charge < -0.3 is 10.1 Å². The Hall–Kier alpha value is -2.32. The van der Waals surface area contributed by atoms with E-state index in [1.807, 2.05) is 0 Å². The molecule has 4 nitrogen and oxygen atoms in total. The number of carbonyl (C=O) groups is 1. The Bertz CT molecular complexity index is 870. The Labute approximate surface area is 155 Å². The first-order valence-electron chi connectivity index (χ1n) is 6.86. The normalized spacial score (nSPS) is 12.0. The largest absolute Gasteiger partial charge is 0.465 e. The van der Waals surface area contributed by atoms with Crippen LogP contribution in [0.15, 0.2) is 36.7 Å². The average molecular weight is 409 g/mol. The molecular weight excluding hydrogens is 399 g/mol. The van der Waals surface area contributed by atoms with Crippen LogP contribution in [0.4, 0.5) is 23.2 Å². The highest BCUT2D eigenvalue weighted by Crippen LogP contribution is 2.33. The SMILES string of the molecule is COC(=O)C(=CNc1ccc(Cl)cc1F)c1ncc(C(F)(F)F)cc1Cl. The second kappa shape index (κ2) is 7.92. The van der Waals surface area contributed by atoms with Crippen LogP contribution >= 0.6 is 23.2 Å². The van der Waals surface area contributed by atoms with Gasteiger partial charge in [0.2, 0.25) is 0 Å². The molecule has 26 heavy (non-hydrogen) atoms. The molecule has 0 aliphatic rings. The lowest BCUT2D eigenvalue weighted by atomic mass is 10.1. The molecule has 0 saturated carbocycles. The van der Waals surface area contributed by atoms with Crippen molar-refractivity contribution in [2.75, 3.05) is 12.4 Å². The first-order chi connectivity index (χ1) is 12.1. The van der Waals surface area contributed by atoms with E-state index >= 15 is 0 Å². The zero-order valence-electron chi connectivity index (χ0n) is 13.0. The average Bonchev–Trinajstić information content (AvgIpc) is 2.56. The van der Waals surface area contributed by atoms with Gasteiger partial charge in [-0.2, -0.15) is 13.2 Å². The Balaban J connectivity index is 2.43. The Morgan fingerprint density at radius 1 is 1.27 bits per heavy atom. The number of nitrogens with zero attached hydrogens (tertiary/aromatic N) is 1. The number of nitrogens with one attached hydrogen (secondary N) is 1. The van der Waals surface area contributed by atoms with Crippen molar-refractivity contribution < 1.29 is 27.1 Å². The topological polar surface area (TPSA) is 51.2 Å². The summed E-state index contributed by atoms with van der Waals surface area (Å²) in [6, 6.07) is 4.38. The van der Waals surface area contributed by atoms with Crippen molar-refractivity contribution in [1.82, 2.24) is 4.98 Å². The maximum Gasteiger partial charge on any atom is 0.417 e. The van der Waals surface area contributed by atoms with Crippen LogP contribution in [0.2, 0.25) is 10.0 Å². The minimum Gasteiger partial charge on any atom is -0.465 e. The summed E-state index contributed by atoms with van der Waals surface area (Å²) in [6.45, 7) is 0. The molecule has 0 aliphatic carbocycles. The van der Waals surface area contributed by atoms with E-state index in [0.29, 0.717) is 12.3 Å². The summed E-state index contributed by atoms with van der Waals surface area (Å²) in [5.41, 5.74) is -1.65. The van der Waals surface area contributed by atoms with Crippen LogP contribution in [0.5, 0.6) is 0 Å². The van der Waals surface area contributed by atoms with Crippen molar-refractivity contribution in [2.24, 2.45) is 0 Å². The van der Waals surface area contributed by atoms with E-state index in [0.717, 1.165) is 19.4 Å². The first-order valence-corrected chi connectivity index (χ1v) is 7.62. The van der Waals surface area contributed by atoms with Crippen LogP contribution in [-0.4, -0.2) is 18.1 Å². The third-order valence-corrected chi connectivity index (χ3v) is 3.66. The molecule has 1 aromatic carbocycles. The molecule has 2 aromatic rings. The second-order valence-corrected chi connectivity index (χ2v) is 5.71. The maximum atomic E-state index is 13.8. The molecule has 0 spiro atoms. The van der Waals surface area contributed by atoms with Crippen LogP contribution in [0.25, 0.3) is 5.57 Å². The Morgan fingerprint density at radius 2 is 1.96 bits per heavy atom. The van der Waals surface area contributed by atoms with Gasteiger partial charge in [0.15, 0.2) is 0 Å². The molecular formula is C16H10Cl2F4N2O2. The number of hydrogen-bond acceptors (Lipinski definition) is 4.